The van der Waals surface area contributed by atoms with Crippen LogP contribution in [0, 0.1) is 0 Å². The highest BCUT2D eigenvalue weighted by atomic mass is 79.9. The zero-order valence-corrected chi connectivity index (χ0v) is 11.4. The van der Waals surface area contributed by atoms with Crippen molar-refractivity contribution in [2.24, 2.45) is 0 Å². The average Bonchev–Trinajstić information content (AvgIpc) is 2.21. The van der Waals surface area contributed by atoms with Gasteiger partial charge in [-0.15, -0.1) is 0 Å². The van der Waals surface area contributed by atoms with Crippen LogP contribution in [-0.2, 0) is 0 Å². The van der Waals surface area contributed by atoms with E-state index >= 15 is 0 Å². The molecule has 1 aromatic heterocycles. The van der Waals surface area contributed by atoms with Crippen molar-refractivity contribution in [2.75, 3.05) is 38.2 Å². The van der Waals surface area contributed by atoms with Crippen molar-refractivity contribution in [2.45, 2.75) is 12.8 Å². The number of hydrogen-bond acceptors (Lipinski definition) is 4. The Kier molecular flexibility index (Phi) is 5.55. The molecule has 3 N–H and O–H groups in total. The number of anilines is 2. The summed E-state index contributed by atoms with van der Waals surface area (Å²) in [7, 11) is 4.18. The number of pyridine rings is 1. The number of nitrogens with zero attached hydrogens (tertiary/aromatic N) is 2. The second-order valence-corrected chi connectivity index (χ2v) is 4.88. The maximum absolute atomic E-state index is 5.82. The van der Waals surface area contributed by atoms with Gasteiger partial charge in [-0.2, -0.15) is 0 Å². The number of unbranched alkanes of at least 4 members (excludes halogenated alkanes) is 1. The van der Waals surface area contributed by atoms with Crippen molar-refractivity contribution < 1.29 is 0 Å². The van der Waals surface area contributed by atoms with Gasteiger partial charge in [-0.3, -0.25) is 4.98 Å². The van der Waals surface area contributed by atoms with Crippen LogP contribution in [0.25, 0.3) is 0 Å². The number of nitrogens with two attached hydrogens (primary N) is 1. The Morgan fingerprint density at radius 3 is 2.75 bits per heavy atom. The van der Waals surface area contributed by atoms with E-state index in [-0.39, 0.29) is 0 Å². The molecule has 0 aliphatic heterocycles. The second-order valence-electron chi connectivity index (χ2n) is 4.02. The van der Waals surface area contributed by atoms with E-state index in [2.05, 4.69) is 45.2 Å². The van der Waals surface area contributed by atoms with Crippen molar-refractivity contribution in [3.63, 3.8) is 0 Å². The van der Waals surface area contributed by atoms with Gasteiger partial charge in [-0.05, 0) is 49.4 Å². The highest BCUT2D eigenvalue weighted by Gasteiger charge is 2.03. The molecule has 1 heterocycles. The molecule has 5 heteroatoms. The molecule has 90 valence electrons. The molecule has 0 atom stereocenters. The molecule has 0 aromatic carbocycles. The third kappa shape index (κ3) is 4.37. The third-order valence-corrected chi connectivity index (χ3v) is 2.86. The van der Waals surface area contributed by atoms with Gasteiger partial charge in [0.05, 0.1) is 22.0 Å². The topological polar surface area (TPSA) is 54.2 Å². The van der Waals surface area contributed by atoms with Gasteiger partial charge in [0, 0.05) is 12.7 Å². The molecular formula is C11H19BrN4. The first-order valence-electron chi connectivity index (χ1n) is 5.39. The fourth-order valence-electron chi connectivity index (χ4n) is 1.40. The van der Waals surface area contributed by atoms with E-state index in [4.69, 9.17) is 5.73 Å². The van der Waals surface area contributed by atoms with Gasteiger partial charge in [0.25, 0.3) is 0 Å². The lowest BCUT2D eigenvalue weighted by Crippen LogP contribution is -2.14. The summed E-state index contributed by atoms with van der Waals surface area (Å²) in [6.07, 6.45) is 5.72. The van der Waals surface area contributed by atoms with Crippen molar-refractivity contribution in [1.82, 2.24) is 9.88 Å². The Labute approximate surface area is 105 Å². The molecule has 0 aliphatic rings. The minimum Gasteiger partial charge on any atom is -0.396 e. The molecule has 0 fully saturated rings. The van der Waals surface area contributed by atoms with Crippen LogP contribution in [0.3, 0.4) is 0 Å². The SMILES string of the molecule is CN(C)CCCCNc1c(N)cncc1Br. The summed E-state index contributed by atoms with van der Waals surface area (Å²) >= 11 is 3.43. The minimum absolute atomic E-state index is 0.682. The highest BCUT2D eigenvalue weighted by molar-refractivity contribution is 9.10. The molecule has 0 saturated carbocycles. The normalized spacial score (nSPS) is 10.8. The number of rotatable bonds is 6. The Bertz CT molecular complexity index is 308. The quantitative estimate of drug-likeness (QED) is 0.787. The summed E-state index contributed by atoms with van der Waals surface area (Å²) < 4.78 is 0.917. The fraction of sp³-hybridized carbons (Fsp3) is 0.545. The summed E-state index contributed by atoms with van der Waals surface area (Å²) in [4.78, 5) is 6.18. The predicted molar refractivity (Wildman–Crippen MR) is 72.6 cm³/mol. The van der Waals surface area contributed by atoms with Crippen LogP contribution >= 0.6 is 15.9 Å². The number of aromatic nitrogens is 1. The molecule has 0 bridgehead atoms. The van der Waals surface area contributed by atoms with Crippen LogP contribution in [0.2, 0.25) is 0 Å². The van der Waals surface area contributed by atoms with E-state index in [9.17, 15) is 0 Å². The summed E-state index contributed by atoms with van der Waals surface area (Å²) in [5, 5.41) is 3.32. The summed E-state index contributed by atoms with van der Waals surface area (Å²) in [6, 6.07) is 0. The molecule has 0 saturated heterocycles. The third-order valence-electron chi connectivity index (χ3n) is 2.26. The van der Waals surface area contributed by atoms with Crippen LogP contribution in [0.5, 0.6) is 0 Å². The zero-order chi connectivity index (χ0) is 12.0. The Morgan fingerprint density at radius 1 is 1.38 bits per heavy atom. The van der Waals surface area contributed by atoms with Gasteiger partial charge >= 0.3 is 0 Å². The van der Waals surface area contributed by atoms with Gasteiger partial charge in [-0.1, -0.05) is 0 Å². The average molecular weight is 287 g/mol. The highest BCUT2D eigenvalue weighted by Crippen LogP contribution is 2.26. The molecule has 0 aliphatic carbocycles. The predicted octanol–water partition coefficient (Wildman–Crippen LogP) is 2.18. The Balaban J connectivity index is 2.32. The van der Waals surface area contributed by atoms with Crippen LogP contribution in [0.4, 0.5) is 11.4 Å². The van der Waals surface area contributed by atoms with Crippen LogP contribution in [-0.4, -0.2) is 37.1 Å². The van der Waals surface area contributed by atoms with Gasteiger partial charge in [0.15, 0.2) is 0 Å². The van der Waals surface area contributed by atoms with Crippen LogP contribution < -0.4 is 11.1 Å². The Hall–Kier alpha value is -0.810. The first-order chi connectivity index (χ1) is 7.61. The number of nitrogen functional groups attached to an aromatic ring is 1. The summed E-state index contributed by atoms with van der Waals surface area (Å²) in [5.74, 6) is 0. The molecule has 0 spiro atoms. The molecule has 1 aromatic rings. The maximum atomic E-state index is 5.82. The van der Waals surface area contributed by atoms with Crippen LogP contribution in [0.15, 0.2) is 16.9 Å². The van der Waals surface area contributed by atoms with E-state index in [1.54, 1.807) is 12.4 Å². The standard InChI is InChI=1S/C11H19BrN4/c1-16(2)6-4-3-5-15-11-9(12)7-14-8-10(11)13/h7-8H,3-6,13H2,1-2H3,(H,14,15). The number of nitrogens with one attached hydrogen (secondary N) is 1. The minimum atomic E-state index is 0.682. The van der Waals surface area contributed by atoms with Gasteiger partial charge in [0.2, 0.25) is 0 Å². The monoisotopic (exact) mass is 286 g/mol. The van der Waals surface area contributed by atoms with E-state index in [1.165, 1.54) is 6.42 Å². The van der Waals surface area contributed by atoms with E-state index < -0.39 is 0 Å². The molecule has 0 unspecified atom stereocenters. The lowest BCUT2D eigenvalue weighted by Gasteiger charge is -2.12. The van der Waals surface area contributed by atoms with E-state index in [0.29, 0.717) is 5.69 Å². The second kappa shape index (κ2) is 6.70. The first-order valence-corrected chi connectivity index (χ1v) is 6.18. The molecule has 0 radical (unpaired) electrons. The van der Waals surface area contributed by atoms with Crippen LogP contribution in [0.1, 0.15) is 12.8 Å². The summed E-state index contributed by atoms with van der Waals surface area (Å²) in [5.41, 5.74) is 7.45. The summed E-state index contributed by atoms with van der Waals surface area (Å²) in [6.45, 7) is 2.05. The molecule has 1 rings (SSSR count). The van der Waals surface area contributed by atoms with Gasteiger partial charge in [0.1, 0.15) is 0 Å². The molecule has 0 amide bonds. The largest absolute Gasteiger partial charge is 0.396 e. The molecular weight excluding hydrogens is 268 g/mol. The smallest absolute Gasteiger partial charge is 0.0750 e. The Morgan fingerprint density at radius 2 is 2.12 bits per heavy atom. The van der Waals surface area contributed by atoms with Gasteiger partial charge in [-0.25, -0.2) is 0 Å². The molecule has 4 nitrogen and oxygen atoms in total. The van der Waals surface area contributed by atoms with E-state index in [1.807, 2.05) is 0 Å². The fourth-order valence-corrected chi connectivity index (χ4v) is 1.89. The van der Waals surface area contributed by atoms with E-state index in [0.717, 1.165) is 29.7 Å². The number of hydrogen-bond donors (Lipinski definition) is 2. The maximum Gasteiger partial charge on any atom is 0.0750 e. The van der Waals surface area contributed by atoms with Crippen molar-refractivity contribution in [1.29, 1.82) is 0 Å². The van der Waals surface area contributed by atoms with Gasteiger partial charge < -0.3 is 16.0 Å². The number of halogens is 1. The first kappa shape index (κ1) is 13.3. The lowest BCUT2D eigenvalue weighted by atomic mass is 10.3. The van der Waals surface area contributed by atoms with Crippen molar-refractivity contribution in [3.05, 3.63) is 16.9 Å². The zero-order valence-electron chi connectivity index (χ0n) is 9.83. The van der Waals surface area contributed by atoms with Crippen molar-refractivity contribution in [3.8, 4) is 0 Å². The lowest BCUT2D eigenvalue weighted by molar-refractivity contribution is 0.396. The molecule has 16 heavy (non-hydrogen) atoms. The van der Waals surface area contributed by atoms with Crippen molar-refractivity contribution >= 4 is 27.3 Å².